The van der Waals surface area contributed by atoms with E-state index in [-0.39, 0.29) is 6.61 Å². The summed E-state index contributed by atoms with van der Waals surface area (Å²) < 4.78 is 21.7. The molecule has 0 unspecified atom stereocenters. The summed E-state index contributed by atoms with van der Waals surface area (Å²) >= 11 is 0. The molecule has 0 aliphatic carbocycles. The topological polar surface area (TPSA) is 57.2 Å². The van der Waals surface area contributed by atoms with E-state index in [0.29, 0.717) is 26.4 Å². The van der Waals surface area contributed by atoms with Crippen molar-refractivity contribution in [1.82, 2.24) is 0 Å². The maximum Gasteiger partial charge on any atom is 0.679 e. The van der Waals surface area contributed by atoms with E-state index >= 15 is 0 Å². The van der Waals surface area contributed by atoms with Gasteiger partial charge in [-0.2, -0.15) is 0 Å². The lowest BCUT2D eigenvalue weighted by Crippen LogP contribution is -2.49. The maximum absolute atomic E-state index is 7.57. The summed E-state index contributed by atoms with van der Waals surface area (Å²) in [4.78, 5) is 0. The van der Waals surface area contributed by atoms with Gasteiger partial charge in [-0.05, 0) is 34.6 Å². The minimum atomic E-state index is -2.80. The third-order valence-electron chi connectivity index (χ3n) is 1.28. The smallest absolute Gasteiger partial charge is 0.397 e. The third kappa shape index (κ3) is 9.26. The SMILES string of the molecule is CCO.CCO[Si](OCC)(OCC)OCC. The molecule has 0 saturated carbocycles. The first-order valence-electron chi connectivity index (χ1n) is 5.82. The molecule has 0 heterocycles. The van der Waals surface area contributed by atoms with Gasteiger partial charge in [-0.1, -0.05) is 0 Å². The molecule has 6 heteroatoms. The predicted octanol–water partition coefficient (Wildman–Crippen LogP) is 1.57. The van der Waals surface area contributed by atoms with Crippen molar-refractivity contribution in [1.29, 1.82) is 0 Å². The molecule has 1 N–H and O–H groups in total. The van der Waals surface area contributed by atoms with E-state index in [1.165, 1.54) is 0 Å². The van der Waals surface area contributed by atoms with Gasteiger partial charge in [0.25, 0.3) is 0 Å². The van der Waals surface area contributed by atoms with Crippen molar-refractivity contribution in [2.75, 3.05) is 33.0 Å². The van der Waals surface area contributed by atoms with Gasteiger partial charge in [0, 0.05) is 33.0 Å². The highest BCUT2D eigenvalue weighted by Gasteiger charge is 2.44. The Morgan fingerprint density at radius 3 is 1.00 bits per heavy atom. The van der Waals surface area contributed by atoms with Gasteiger partial charge in [-0.25, -0.2) is 0 Å². The first-order chi connectivity index (χ1) is 7.66. The molecule has 0 amide bonds. The summed E-state index contributed by atoms with van der Waals surface area (Å²) in [6.45, 7) is 11.7. The summed E-state index contributed by atoms with van der Waals surface area (Å²) in [6, 6.07) is 0. The highest BCUT2D eigenvalue weighted by molar-refractivity contribution is 6.53. The average molecular weight is 254 g/mol. The zero-order valence-electron chi connectivity index (χ0n) is 11.1. The number of rotatable bonds is 8. The van der Waals surface area contributed by atoms with E-state index in [0.717, 1.165) is 0 Å². The Kier molecular flexibility index (Phi) is 15.0. The molecule has 0 fully saturated rings. The van der Waals surface area contributed by atoms with Crippen LogP contribution in [0.15, 0.2) is 0 Å². The Hall–Kier alpha value is 0.0169. The summed E-state index contributed by atoms with van der Waals surface area (Å²) in [5.41, 5.74) is 0. The molecule has 0 atom stereocenters. The van der Waals surface area contributed by atoms with Crippen LogP contribution < -0.4 is 0 Å². The molecule has 0 aliphatic heterocycles. The van der Waals surface area contributed by atoms with E-state index in [1.807, 2.05) is 27.7 Å². The lowest BCUT2D eigenvalue weighted by Gasteiger charge is -2.26. The Morgan fingerprint density at radius 2 is 0.875 bits per heavy atom. The summed E-state index contributed by atoms with van der Waals surface area (Å²) in [5, 5.41) is 7.57. The molecule has 5 nitrogen and oxygen atoms in total. The minimum absolute atomic E-state index is 0.250. The second-order valence-electron chi connectivity index (χ2n) is 2.55. The molecule has 100 valence electrons. The van der Waals surface area contributed by atoms with Gasteiger partial charge in [0.05, 0.1) is 0 Å². The van der Waals surface area contributed by atoms with Crippen molar-refractivity contribution < 1.29 is 22.8 Å². The lowest BCUT2D eigenvalue weighted by molar-refractivity contribution is -0.0247. The molecule has 0 aromatic carbocycles. The van der Waals surface area contributed by atoms with Crippen LogP contribution in [-0.4, -0.2) is 47.2 Å². The van der Waals surface area contributed by atoms with Crippen LogP contribution in [0.1, 0.15) is 34.6 Å². The van der Waals surface area contributed by atoms with Gasteiger partial charge in [0.1, 0.15) is 0 Å². The fourth-order valence-corrected chi connectivity index (χ4v) is 2.87. The molecule has 0 bridgehead atoms. The van der Waals surface area contributed by atoms with E-state index in [4.69, 9.17) is 22.8 Å². The molecule has 0 rings (SSSR count). The fraction of sp³-hybridized carbons (Fsp3) is 1.00. The zero-order chi connectivity index (χ0) is 12.9. The normalized spacial score (nSPS) is 10.9. The van der Waals surface area contributed by atoms with Crippen molar-refractivity contribution in [2.24, 2.45) is 0 Å². The molecule has 0 radical (unpaired) electrons. The van der Waals surface area contributed by atoms with Crippen molar-refractivity contribution in [3.8, 4) is 0 Å². The lowest BCUT2D eigenvalue weighted by atomic mass is 10.9. The predicted molar refractivity (Wildman–Crippen MR) is 65.0 cm³/mol. The molecular formula is C10H26O5Si. The summed E-state index contributed by atoms with van der Waals surface area (Å²) in [6.07, 6.45) is 0. The van der Waals surface area contributed by atoms with E-state index in [9.17, 15) is 0 Å². The highest BCUT2D eigenvalue weighted by Crippen LogP contribution is 2.11. The first-order valence-corrected chi connectivity index (χ1v) is 7.46. The van der Waals surface area contributed by atoms with Gasteiger partial charge in [0.2, 0.25) is 0 Å². The number of hydrogen-bond donors (Lipinski definition) is 1. The molecule has 16 heavy (non-hydrogen) atoms. The van der Waals surface area contributed by atoms with Gasteiger partial charge in [0.15, 0.2) is 0 Å². The van der Waals surface area contributed by atoms with Crippen LogP contribution in [0, 0.1) is 0 Å². The molecule has 0 aromatic heterocycles. The fourth-order valence-electron chi connectivity index (χ4n) is 0.957. The van der Waals surface area contributed by atoms with Crippen LogP contribution in [0.25, 0.3) is 0 Å². The Bertz CT molecular complexity index is 105. The highest BCUT2D eigenvalue weighted by atomic mass is 28.4. The maximum atomic E-state index is 7.57. The van der Waals surface area contributed by atoms with E-state index in [2.05, 4.69) is 0 Å². The quantitative estimate of drug-likeness (QED) is 0.666. The first kappa shape index (κ1) is 18.4. The molecule has 0 saturated heterocycles. The van der Waals surface area contributed by atoms with Crippen molar-refractivity contribution in [2.45, 2.75) is 34.6 Å². The number of hydrogen-bond acceptors (Lipinski definition) is 5. The van der Waals surface area contributed by atoms with Crippen molar-refractivity contribution in [3.05, 3.63) is 0 Å². The standard InChI is InChI=1S/C8H20O4Si.C2H6O/c1-5-9-13(10-6-2,11-7-3)12-8-4;1-2-3/h5-8H2,1-4H3;3H,2H2,1H3. The van der Waals surface area contributed by atoms with E-state index < -0.39 is 9.05 Å². The monoisotopic (exact) mass is 254 g/mol. The second kappa shape index (κ2) is 13.1. The second-order valence-corrected chi connectivity index (χ2v) is 4.70. The van der Waals surface area contributed by atoms with Crippen LogP contribution in [0.3, 0.4) is 0 Å². The molecule has 0 aliphatic rings. The van der Waals surface area contributed by atoms with Gasteiger partial charge in [-0.3, -0.25) is 0 Å². The average Bonchev–Trinajstić information content (AvgIpc) is 2.20. The van der Waals surface area contributed by atoms with Gasteiger partial charge in [-0.15, -0.1) is 0 Å². The van der Waals surface area contributed by atoms with Crippen LogP contribution in [-0.2, 0) is 17.7 Å². The largest absolute Gasteiger partial charge is 0.679 e. The van der Waals surface area contributed by atoms with Crippen LogP contribution in [0.4, 0.5) is 0 Å². The Balaban J connectivity index is 0. The summed E-state index contributed by atoms with van der Waals surface area (Å²) in [5.74, 6) is 0. The minimum Gasteiger partial charge on any atom is -0.397 e. The van der Waals surface area contributed by atoms with Gasteiger partial charge >= 0.3 is 9.05 Å². The van der Waals surface area contributed by atoms with Crippen molar-refractivity contribution in [3.63, 3.8) is 0 Å². The molecular weight excluding hydrogens is 228 g/mol. The molecule has 0 aromatic rings. The number of aliphatic hydroxyl groups excluding tert-OH is 1. The summed E-state index contributed by atoms with van der Waals surface area (Å²) in [7, 11) is -2.80. The Morgan fingerprint density at radius 1 is 0.688 bits per heavy atom. The van der Waals surface area contributed by atoms with Crippen LogP contribution in [0.5, 0.6) is 0 Å². The zero-order valence-corrected chi connectivity index (χ0v) is 12.1. The molecule has 0 spiro atoms. The van der Waals surface area contributed by atoms with E-state index in [1.54, 1.807) is 6.92 Å². The van der Waals surface area contributed by atoms with Crippen LogP contribution >= 0.6 is 0 Å². The van der Waals surface area contributed by atoms with Gasteiger partial charge < -0.3 is 22.8 Å². The third-order valence-corrected chi connectivity index (χ3v) is 3.85. The van der Waals surface area contributed by atoms with Crippen molar-refractivity contribution >= 4 is 9.05 Å². The Labute approximate surface area is 100 Å². The van der Waals surface area contributed by atoms with Crippen LogP contribution in [0.2, 0.25) is 0 Å². The number of aliphatic hydroxyl groups is 1.